The first-order chi connectivity index (χ1) is 17.0. The number of benzene rings is 1. The normalized spacial score (nSPS) is 12.6. The van der Waals surface area contributed by atoms with Crippen molar-refractivity contribution >= 4 is 22.4 Å². The smallest absolute Gasteiger partial charge is 0.338 e. The molecule has 0 aliphatic heterocycles. The van der Waals surface area contributed by atoms with E-state index in [9.17, 15) is 9.90 Å². The summed E-state index contributed by atoms with van der Waals surface area (Å²) in [5.41, 5.74) is 4.15. The van der Waals surface area contributed by atoms with Crippen molar-refractivity contribution in [3.05, 3.63) is 114 Å². The van der Waals surface area contributed by atoms with E-state index in [1.54, 1.807) is 36.7 Å². The molecule has 1 N–H and O–H groups in total. The molecule has 0 saturated heterocycles. The molecule has 35 heavy (non-hydrogen) atoms. The third kappa shape index (κ3) is 5.73. The first-order valence-electron chi connectivity index (χ1n) is 11.5. The molecule has 0 bridgehead atoms. The summed E-state index contributed by atoms with van der Waals surface area (Å²) in [6, 6.07) is 16.6. The van der Waals surface area contributed by atoms with Gasteiger partial charge in [-0.05, 0) is 53.5 Å². The first-order valence-corrected chi connectivity index (χ1v) is 11.5. The number of aliphatic hydroxyl groups excluding tert-OH is 1. The minimum Gasteiger partial charge on any atom is -0.460 e. The second kappa shape index (κ2) is 10.9. The lowest BCUT2D eigenvalue weighted by molar-refractivity contribution is 0.0246. The van der Waals surface area contributed by atoms with Gasteiger partial charge in [-0.15, -0.1) is 0 Å². The van der Waals surface area contributed by atoms with Crippen LogP contribution in [0.4, 0.5) is 0 Å². The Morgan fingerprint density at radius 2 is 1.89 bits per heavy atom. The summed E-state index contributed by atoms with van der Waals surface area (Å²) >= 11 is 0. The molecule has 0 spiro atoms. The molecule has 0 aliphatic rings. The van der Waals surface area contributed by atoms with E-state index in [2.05, 4.69) is 36.5 Å². The van der Waals surface area contributed by atoms with Crippen LogP contribution in [0.2, 0.25) is 0 Å². The molecule has 3 heterocycles. The molecule has 4 rings (SSSR count). The number of nitrogens with zero attached hydrogens (tertiary/aromatic N) is 2. The zero-order valence-electron chi connectivity index (χ0n) is 19.8. The molecular formula is C29H28N2O4. The Labute approximate surface area is 204 Å². The lowest BCUT2D eigenvalue weighted by Crippen LogP contribution is -2.11. The molecule has 6 heteroatoms. The number of hydrogen-bond acceptors (Lipinski definition) is 6. The van der Waals surface area contributed by atoms with Gasteiger partial charge in [0.05, 0.1) is 11.1 Å². The number of pyridine rings is 2. The number of aromatic nitrogens is 2. The van der Waals surface area contributed by atoms with Crippen molar-refractivity contribution in [2.45, 2.75) is 33.0 Å². The molecule has 1 atom stereocenters. The van der Waals surface area contributed by atoms with Crippen LogP contribution in [0.5, 0.6) is 0 Å². The second-order valence-corrected chi connectivity index (χ2v) is 8.54. The average molecular weight is 469 g/mol. The zero-order valence-corrected chi connectivity index (χ0v) is 19.8. The van der Waals surface area contributed by atoms with E-state index in [-0.39, 0.29) is 12.5 Å². The van der Waals surface area contributed by atoms with Crippen LogP contribution in [0.15, 0.2) is 95.8 Å². The molecule has 4 aromatic rings. The van der Waals surface area contributed by atoms with Crippen molar-refractivity contribution in [1.29, 1.82) is 0 Å². The highest BCUT2D eigenvalue weighted by Crippen LogP contribution is 2.32. The van der Waals surface area contributed by atoms with E-state index in [0.29, 0.717) is 23.5 Å². The fourth-order valence-corrected chi connectivity index (χ4v) is 3.75. The number of carbonyl (C=O) groups excluding carboxylic acids is 1. The van der Waals surface area contributed by atoms with Gasteiger partial charge in [-0.3, -0.25) is 9.97 Å². The Hall–Kier alpha value is -4.03. The second-order valence-electron chi connectivity index (χ2n) is 8.54. The Morgan fingerprint density at radius 3 is 2.60 bits per heavy atom. The molecule has 0 aliphatic carbocycles. The van der Waals surface area contributed by atoms with Gasteiger partial charge in [0.25, 0.3) is 0 Å². The molecular weight excluding hydrogens is 440 g/mol. The van der Waals surface area contributed by atoms with Crippen LogP contribution >= 0.6 is 0 Å². The van der Waals surface area contributed by atoms with Crippen LogP contribution in [0.3, 0.4) is 0 Å². The fourth-order valence-electron chi connectivity index (χ4n) is 3.75. The Morgan fingerprint density at radius 1 is 1.11 bits per heavy atom. The summed E-state index contributed by atoms with van der Waals surface area (Å²) in [5.74, 6) is 0.581. The summed E-state index contributed by atoms with van der Waals surface area (Å²) in [6.45, 7) is 8.26. The van der Waals surface area contributed by atoms with E-state index < -0.39 is 12.1 Å². The number of ether oxygens (including phenoxy) is 1. The molecule has 0 unspecified atom stereocenters. The van der Waals surface area contributed by atoms with Gasteiger partial charge in [0, 0.05) is 36.0 Å². The van der Waals surface area contributed by atoms with Gasteiger partial charge in [-0.1, -0.05) is 44.7 Å². The minimum absolute atomic E-state index is 0.204. The number of hydrogen-bond donors (Lipinski definition) is 1. The largest absolute Gasteiger partial charge is 0.460 e. The lowest BCUT2D eigenvalue weighted by Gasteiger charge is -2.18. The Balaban J connectivity index is 1.69. The van der Waals surface area contributed by atoms with Crippen molar-refractivity contribution in [2.75, 3.05) is 0 Å². The van der Waals surface area contributed by atoms with Gasteiger partial charge in [0.2, 0.25) is 0 Å². The molecule has 0 fully saturated rings. The molecule has 6 nitrogen and oxygen atoms in total. The van der Waals surface area contributed by atoms with Crippen molar-refractivity contribution in [3.8, 4) is 0 Å². The molecule has 178 valence electrons. The van der Waals surface area contributed by atoms with E-state index in [1.165, 1.54) is 0 Å². The highest BCUT2D eigenvalue weighted by molar-refractivity contribution is 5.89. The number of rotatable bonds is 9. The summed E-state index contributed by atoms with van der Waals surface area (Å²) in [5, 5.41) is 10.5. The van der Waals surface area contributed by atoms with Crippen LogP contribution in [0, 0.1) is 5.92 Å². The van der Waals surface area contributed by atoms with Gasteiger partial charge in [-0.2, -0.15) is 0 Å². The topological polar surface area (TPSA) is 85.5 Å². The zero-order chi connectivity index (χ0) is 24.8. The molecule has 1 aromatic carbocycles. The van der Waals surface area contributed by atoms with Crippen molar-refractivity contribution < 1.29 is 19.1 Å². The quantitative estimate of drug-likeness (QED) is 0.229. The molecule has 0 amide bonds. The highest BCUT2D eigenvalue weighted by Gasteiger charge is 2.22. The predicted molar refractivity (Wildman–Crippen MR) is 135 cm³/mol. The first kappa shape index (κ1) is 24.1. The number of para-hydroxylation sites is 1. The number of allylic oxidation sites excluding steroid dienone is 2. The van der Waals surface area contributed by atoms with Crippen LogP contribution in [0.1, 0.15) is 53.8 Å². The third-order valence-corrected chi connectivity index (χ3v) is 5.80. The summed E-state index contributed by atoms with van der Waals surface area (Å²) in [7, 11) is 0. The van der Waals surface area contributed by atoms with E-state index in [0.717, 1.165) is 27.6 Å². The summed E-state index contributed by atoms with van der Waals surface area (Å²) in [6.07, 6.45) is 6.60. The van der Waals surface area contributed by atoms with Gasteiger partial charge in [0.15, 0.2) is 6.10 Å². The number of furan rings is 1. The van der Waals surface area contributed by atoms with Crippen LogP contribution in [-0.2, 0) is 11.3 Å². The molecule has 0 saturated carbocycles. The van der Waals surface area contributed by atoms with Gasteiger partial charge < -0.3 is 14.3 Å². The van der Waals surface area contributed by atoms with Gasteiger partial charge >= 0.3 is 5.97 Å². The van der Waals surface area contributed by atoms with E-state index in [1.807, 2.05) is 36.5 Å². The number of aliphatic hydroxyl groups is 1. The predicted octanol–water partition coefficient (Wildman–Crippen LogP) is 6.30. The molecule has 3 aromatic heterocycles. The Bertz CT molecular complexity index is 1360. The lowest BCUT2D eigenvalue weighted by atomic mass is 9.90. The number of fused-ring (bicyclic) bond motifs is 1. The SMILES string of the molecule is C=C(/C(=C/C[C@@H](OC(=O)c1ccncc1)c1ccc(CO)o1)c1cnc2ccccc2c1)C(C)C. The summed E-state index contributed by atoms with van der Waals surface area (Å²) < 4.78 is 11.6. The van der Waals surface area contributed by atoms with Crippen LogP contribution < -0.4 is 0 Å². The summed E-state index contributed by atoms with van der Waals surface area (Å²) in [4.78, 5) is 21.4. The van der Waals surface area contributed by atoms with Crippen LogP contribution in [-0.4, -0.2) is 21.0 Å². The maximum absolute atomic E-state index is 12.8. The van der Waals surface area contributed by atoms with Crippen LogP contribution in [0.25, 0.3) is 16.5 Å². The standard InChI is InChI=1S/C29H28N2O4/c1-19(2)20(3)25(23-16-22-6-4-5-7-26(22)31-17-23)9-11-28(27-10-8-24(18-32)34-27)35-29(33)21-12-14-30-15-13-21/h4-10,12-17,19,28,32H,3,11,18H2,1-2H3/b25-9-/t28-/m1/s1. The Kier molecular flexibility index (Phi) is 7.53. The van der Waals surface area contributed by atoms with Crippen molar-refractivity contribution in [1.82, 2.24) is 9.97 Å². The number of esters is 1. The van der Waals surface area contributed by atoms with Gasteiger partial charge in [0.1, 0.15) is 18.1 Å². The highest BCUT2D eigenvalue weighted by atomic mass is 16.6. The maximum Gasteiger partial charge on any atom is 0.338 e. The molecule has 0 radical (unpaired) electrons. The average Bonchev–Trinajstić information content (AvgIpc) is 3.37. The van der Waals surface area contributed by atoms with E-state index in [4.69, 9.17) is 9.15 Å². The third-order valence-electron chi connectivity index (χ3n) is 5.80. The van der Waals surface area contributed by atoms with E-state index >= 15 is 0 Å². The fraction of sp³-hybridized carbons (Fsp3) is 0.207. The minimum atomic E-state index is -0.695. The van der Waals surface area contributed by atoms with Crippen molar-refractivity contribution in [2.24, 2.45) is 5.92 Å². The monoisotopic (exact) mass is 468 g/mol. The van der Waals surface area contributed by atoms with Gasteiger partial charge in [-0.25, -0.2) is 4.79 Å². The maximum atomic E-state index is 12.8. The number of carbonyl (C=O) groups is 1. The van der Waals surface area contributed by atoms with Crippen molar-refractivity contribution in [3.63, 3.8) is 0 Å².